The molecule has 1 atom stereocenters. The van der Waals surface area contributed by atoms with Gasteiger partial charge in [-0.1, -0.05) is 24.3 Å². The standard InChI is InChI=1S/C31H41NO8/c1-37-14-6-18-39-17-5-8-30(35)23-10-12-25-24-11-9-22(29(34)7-4-16-38-15-3-2-13-33)19-26(24)28(27(25)20-23)21-40-31(32)36/h9-12,19-20,28,33H,2-8,13-18,21H2,1H3,(H2,32,36)/i/hD. The number of benzene rings is 2. The molecule has 0 radical (unpaired) electrons. The van der Waals surface area contributed by atoms with Crippen LogP contribution in [0.3, 0.4) is 0 Å². The summed E-state index contributed by atoms with van der Waals surface area (Å²) >= 11 is 0. The van der Waals surface area contributed by atoms with E-state index in [9.17, 15) is 14.4 Å². The first kappa shape index (κ1) is 29.9. The second kappa shape index (κ2) is 16.9. The van der Waals surface area contributed by atoms with Gasteiger partial charge in [0.1, 0.15) is 6.61 Å². The summed E-state index contributed by atoms with van der Waals surface area (Å²) in [4.78, 5) is 37.6. The summed E-state index contributed by atoms with van der Waals surface area (Å²) in [5.41, 5.74) is 6.40. The number of amides is 1. The van der Waals surface area contributed by atoms with Gasteiger partial charge in [-0.15, -0.1) is 0 Å². The summed E-state index contributed by atoms with van der Waals surface area (Å²) in [6, 6.07) is 11.1. The van der Waals surface area contributed by atoms with Gasteiger partial charge in [-0.25, -0.2) is 4.79 Å². The highest BCUT2D eigenvalue weighted by atomic mass is 16.5. The van der Waals surface area contributed by atoms with Gasteiger partial charge in [0, 0.05) is 76.6 Å². The summed E-state index contributed by atoms with van der Waals surface area (Å²) in [5, 5.41) is 8.83. The lowest BCUT2D eigenvalue weighted by molar-refractivity contribution is 0.0886. The number of Topliss-reactive ketones (excluding diaryl/α,β-unsaturated/α-hetero) is 2. The molecule has 9 nitrogen and oxygen atoms in total. The van der Waals surface area contributed by atoms with Gasteiger partial charge in [-0.2, -0.15) is 0 Å². The number of carbonyl (C=O) groups is 3. The van der Waals surface area contributed by atoms with Crippen molar-refractivity contribution in [3.05, 3.63) is 58.7 Å². The Morgan fingerprint density at radius 1 is 0.800 bits per heavy atom. The van der Waals surface area contributed by atoms with Gasteiger partial charge in [0.25, 0.3) is 0 Å². The van der Waals surface area contributed by atoms with E-state index >= 15 is 0 Å². The highest BCUT2D eigenvalue weighted by molar-refractivity contribution is 5.99. The van der Waals surface area contributed by atoms with E-state index in [-0.39, 0.29) is 30.7 Å². The molecular weight excluding hydrogens is 514 g/mol. The van der Waals surface area contributed by atoms with E-state index < -0.39 is 6.09 Å². The zero-order chi connectivity index (χ0) is 29.5. The van der Waals surface area contributed by atoms with E-state index in [1.54, 1.807) is 18.9 Å². The number of methoxy groups -OCH3 is 1. The van der Waals surface area contributed by atoms with Gasteiger partial charge < -0.3 is 29.8 Å². The van der Waals surface area contributed by atoms with Crippen LogP contribution >= 0.6 is 0 Å². The molecule has 3 rings (SSSR count). The normalized spacial score (nSPS) is 13.8. The molecule has 2 aromatic carbocycles. The second-order valence-electron chi connectivity index (χ2n) is 9.81. The van der Waals surface area contributed by atoms with Crippen LogP contribution in [0, 0.1) is 0 Å². The van der Waals surface area contributed by atoms with E-state index in [0.29, 0.717) is 76.3 Å². The van der Waals surface area contributed by atoms with Crippen LogP contribution in [-0.4, -0.2) is 76.1 Å². The molecule has 0 bridgehead atoms. The topological polar surface area (TPSA) is 134 Å². The van der Waals surface area contributed by atoms with Crippen molar-refractivity contribution in [2.75, 3.05) is 53.4 Å². The van der Waals surface area contributed by atoms with Crippen LogP contribution < -0.4 is 5.73 Å². The van der Waals surface area contributed by atoms with Gasteiger partial charge in [0.2, 0.25) is 0 Å². The predicted octanol–water partition coefficient (Wildman–Crippen LogP) is 4.66. The molecule has 3 N–H and O–H groups in total. The number of nitrogens with two attached hydrogens (primary N) is 1. The predicted molar refractivity (Wildman–Crippen MR) is 151 cm³/mol. The average molecular weight is 557 g/mol. The van der Waals surface area contributed by atoms with Gasteiger partial charge in [0.15, 0.2) is 13.0 Å². The number of fused-ring (bicyclic) bond motifs is 3. The van der Waals surface area contributed by atoms with Crippen molar-refractivity contribution in [3.8, 4) is 11.1 Å². The summed E-state index contributed by atoms with van der Waals surface area (Å²) in [5.74, 6) is -0.384. The third-order valence-corrected chi connectivity index (χ3v) is 6.89. The Hall–Kier alpha value is -3.11. The zero-order valence-corrected chi connectivity index (χ0v) is 23.2. The third-order valence-electron chi connectivity index (χ3n) is 6.89. The van der Waals surface area contributed by atoms with Gasteiger partial charge in [-0.05, 0) is 66.5 Å². The van der Waals surface area contributed by atoms with Crippen molar-refractivity contribution in [1.29, 1.82) is 0 Å². The highest BCUT2D eigenvalue weighted by Gasteiger charge is 2.31. The molecule has 9 heteroatoms. The van der Waals surface area contributed by atoms with E-state index in [1.165, 1.54) is 0 Å². The number of carbonyl (C=O) groups excluding carboxylic acids is 3. The van der Waals surface area contributed by atoms with Crippen LogP contribution in [0.5, 0.6) is 0 Å². The van der Waals surface area contributed by atoms with Crippen molar-refractivity contribution in [2.24, 2.45) is 5.73 Å². The number of ketones is 2. The Kier molecular flexibility index (Phi) is 12.6. The SMILES string of the molecule is [2H]NC(=O)OCC1c2cc(C(=O)CCCOCCCCO)ccc2-c2ccc(C(=O)CCCOCCCOC)cc21. The maximum absolute atomic E-state index is 13.0. The number of aliphatic hydroxyl groups excluding tert-OH is 1. The van der Waals surface area contributed by atoms with E-state index in [0.717, 1.165) is 35.1 Å². The first-order valence-corrected chi connectivity index (χ1v) is 13.9. The number of rotatable bonds is 20. The molecule has 0 heterocycles. The smallest absolute Gasteiger partial charge is 0.404 e. The summed E-state index contributed by atoms with van der Waals surface area (Å²) in [7, 11) is 1.65. The molecule has 218 valence electrons. The van der Waals surface area contributed by atoms with Crippen LogP contribution in [-0.2, 0) is 18.9 Å². The van der Waals surface area contributed by atoms with Gasteiger partial charge in [0.05, 0.1) is 0 Å². The van der Waals surface area contributed by atoms with Crippen molar-refractivity contribution >= 4 is 17.7 Å². The fourth-order valence-corrected chi connectivity index (χ4v) is 4.83. The molecule has 1 aliphatic rings. The van der Waals surface area contributed by atoms with Crippen LogP contribution in [0.15, 0.2) is 36.4 Å². The summed E-state index contributed by atoms with van der Waals surface area (Å²) in [6.07, 6.45) is 3.31. The molecule has 0 aromatic heterocycles. The molecule has 0 saturated carbocycles. The van der Waals surface area contributed by atoms with Crippen molar-refractivity contribution in [2.45, 2.75) is 50.9 Å². The van der Waals surface area contributed by atoms with Gasteiger partial charge in [-0.3, -0.25) is 9.59 Å². The quantitative estimate of drug-likeness (QED) is 0.178. The van der Waals surface area contributed by atoms with Crippen molar-refractivity contribution in [3.63, 3.8) is 0 Å². The van der Waals surface area contributed by atoms with Crippen LogP contribution in [0.2, 0.25) is 1.41 Å². The summed E-state index contributed by atoms with van der Waals surface area (Å²) in [6.45, 7) is 2.88. The maximum Gasteiger partial charge on any atom is 0.404 e. The maximum atomic E-state index is 13.0. The lowest BCUT2D eigenvalue weighted by Gasteiger charge is -2.14. The molecule has 0 saturated heterocycles. The minimum Gasteiger partial charge on any atom is -0.449 e. The molecule has 1 aliphatic carbocycles. The molecule has 1 unspecified atom stereocenters. The molecule has 0 aliphatic heterocycles. The minimum absolute atomic E-state index is 0.00210. The number of ether oxygens (including phenoxy) is 4. The lowest BCUT2D eigenvalue weighted by Crippen LogP contribution is -2.18. The molecule has 2 aromatic rings. The second-order valence-corrected chi connectivity index (χ2v) is 9.81. The van der Waals surface area contributed by atoms with Crippen molar-refractivity contribution < 1.29 is 39.8 Å². The fourth-order valence-electron chi connectivity index (χ4n) is 4.83. The number of primary amides is 1. The Labute approximate surface area is 237 Å². The molecular formula is C31H41NO8. The number of aliphatic hydroxyl groups is 1. The average Bonchev–Trinajstić information content (AvgIpc) is 3.30. The van der Waals surface area contributed by atoms with Crippen LogP contribution in [0.25, 0.3) is 11.1 Å². The van der Waals surface area contributed by atoms with Crippen LogP contribution in [0.4, 0.5) is 4.79 Å². The number of unbranched alkanes of at least 4 members (excludes halogenated alkanes) is 1. The van der Waals surface area contributed by atoms with Crippen LogP contribution in [0.1, 0.15) is 82.7 Å². The third kappa shape index (κ3) is 9.23. The number of hydrogen-bond acceptors (Lipinski definition) is 8. The lowest BCUT2D eigenvalue weighted by atomic mass is 9.93. The molecule has 1 amide bonds. The largest absolute Gasteiger partial charge is 0.449 e. The summed E-state index contributed by atoms with van der Waals surface area (Å²) < 4.78 is 28.4. The zero-order valence-electron chi connectivity index (χ0n) is 24.2. The monoisotopic (exact) mass is 556 g/mol. The first-order valence-electron chi connectivity index (χ1n) is 14.4. The van der Waals surface area contributed by atoms with E-state index in [2.05, 4.69) is 0 Å². The van der Waals surface area contributed by atoms with E-state index in [4.69, 9.17) is 25.5 Å². The fraction of sp³-hybridized carbons (Fsp3) is 0.516. The molecule has 0 spiro atoms. The number of hydrogen-bond donors (Lipinski definition) is 2. The van der Waals surface area contributed by atoms with E-state index in [1.807, 2.05) is 30.3 Å². The van der Waals surface area contributed by atoms with Gasteiger partial charge >= 0.3 is 6.09 Å². The molecule has 0 fully saturated rings. The Morgan fingerprint density at radius 3 is 1.88 bits per heavy atom. The Bertz CT molecular complexity index is 1080. The Balaban J connectivity index is 1.68. The first-order chi connectivity index (χ1) is 20.0. The molecule has 40 heavy (non-hydrogen) atoms. The van der Waals surface area contributed by atoms with Crippen molar-refractivity contribution in [1.82, 2.24) is 0 Å². The minimum atomic E-state index is -0.871. The Morgan fingerprint density at radius 2 is 1.35 bits per heavy atom. The highest BCUT2D eigenvalue weighted by Crippen LogP contribution is 2.46.